The van der Waals surface area contributed by atoms with Gasteiger partial charge in [-0.2, -0.15) is 0 Å². The van der Waals surface area contributed by atoms with Crippen LogP contribution in [0.5, 0.6) is 0 Å². The van der Waals surface area contributed by atoms with Gasteiger partial charge in [-0.05, 0) is 18.9 Å². The van der Waals surface area contributed by atoms with Crippen molar-refractivity contribution >= 4 is 22.7 Å². The molecule has 0 aliphatic heterocycles. The fraction of sp³-hybridized carbons (Fsp3) is 0.409. The van der Waals surface area contributed by atoms with Crippen molar-refractivity contribution in [1.82, 2.24) is 15.3 Å². The number of carbonyl (C=O) groups is 1. The third-order valence-corrected chi connectivity index (χ3v) is 5.61. The molecule has 6 nitrogen and oxygen atoms in total. The Kier molecular flexibility index (Phi) is 5.56. The second-order valence-corrected chi connectivity index (χ2v) is 8.47. The molecule has 2 aromatic heterocycles. The number of aromatic nitrogens is 2. The van der Waals surface area contributed by atoms with Crippen LogP contribution in [0.2, 0.25) is 0 Å². The molecule has 3 aromatic rings. The average molecular weight is 450 g/mol. The molecular weight excluding hydrogens is 428 g/mol. The Balaban J connectivity index is 1.48. The van der Waals surface area contributed by atoms with Gasteiger partial charge in [0.05, 0.1) is 24.1 Å². The number of halogens is 4. The van der Waals surface area contributed by atoms with E-state index in [4.69, 9.17) is 4.42 Å². The topological polar surface area (TPSA) is 80.0 Å². The number of anilines is 1. The molecule has 1 unspecified atom stereocenters. The molecule has 0 saturated heterocycles. The van der Waals surface area contributed by atoms with Crippen LogP contribution < -0.4 is 10.6 Å². The number of aryl methyl sites for hydroxylation is 1. The number of fused-ring (bicyclic) bond motifs is 1. The van der Waals surface area contributed by atoms with E-state index in [0.29, 0.717) is 22.5 Å². The molecule has 2 heterocycles. The molecule has 170 valence electrons. The van der Waals surface area contributed by atoms with Crippen molar-refractivity contribution < 1.29 is 26.8 Å². The van der Waals surface area contributed by atoms with Crippen molar-refractivity contribution in [2.24, 2.45) is 5.92 Å². The molecule has 2 amide bonds. The summed E-state index contributed by atoms with van der Waals surface area (Å²) in [7, 11) is 0. The van der Waals surface area contributed by atoms with Gasteiger partial charge in [-0.3, -0.25) is 0 Å². The lowest BCUT2D eigenvalue weighted by molar-refractivity contribution is -0.0885. The summed E-state index contributed by atoms with van der Waals surface area (Å²) in [6.07, 6.45) is 2.15. The van der Waals surface area contributed by atoms with E-state index < -0.39 is 29.6 Å². The molecule has 1 aliphatic rings. The van der Waals surface area contributed by atoms with Gasteiger partial charge in [0.2, 0.25) is 5.92 Å². The molecule has 1 atom stereocenters. The number of benzene rings is 1. The molecule has 0 spiro atoms. The van der Waals surface area contributed by atoms with E-state index >= 15 is 0 Å². The third-order valence-electron chi connectivity index (χ3n) is 5.61. The Bertz CT molecular complexity index is 1150. The Morgan fingerprint density at radius 3 is 2.44 bits per heavy atom. The molecule has 1 aliphatic carbocycles. The van der Waals surface area contributed by atoms with Crippen LogP contribution in [0, 0.1) is 24.5 Å². The van der Waals surface area contributed by atoms with Crippen molar-refractivity contribution in [3.8, 4) is 0 Å². The summed E-state index contributed by atoms with van der Waals surface area (Å²) in [6.45, 7) is 5.37. The molecule has 0 bridgehead atoms. The fourth-order valence-corrected chi connectivity index (χ4v) is 3.86. The van der Waals surface area contributed by atoms with Crippen molar-refractivity contribution in [3.63, 3.8) is 0 Å². The number of hydrogen-bond donors (Lipinski definition) is 2. The molecule has 0 radical (unpaired) electrons. The number of hydrogen-bond acceptors (Lipinski definition) is 4. The lowest BCUT2D eigenvalue weighted by atomic mass is 9.81. The van der Waals surface area contributed by atoms with Crippen LogP contribution in [-0.2, 0) is 0 Å². The van der Waals surface area contributed by atoms with E-state index in [-0.39, 0.29) is 35.9 Å². The number of nitrogens with one attached hydrogen (secondary N) is 2. The molecule has 1 aromatic carbocycles. The maximum atomic E-state index is 14.1. The van der Waals surface area contributed by atoms with E-state index in [9.17, 15) is 22.4 Å². The predicted octanol–water partition coefficient (Wildman–Crippen LogP) is 5.84. The number of carbonyl (C=O) groups excluding carboxylic acids is 1. The normalized spacial score (nSPS) is 16.8. The molecule has 1 saturated carbocycles. The minimum Gasteiger partial charge on any atom is -0.455 e. The lowest BCUT2D eigenvalue weighted by Crippen LogP contribution is -2.36. The Labute approximate surface area is 181 Å². The van der Waals surface area contributed by atoms with E-state index in [1.165, 1.54) is 18.5 Å². The maximum absolute atomic E-state index is 14.1. The van der Waals surface area contributed by atoms with Crippen LogP contribution >= 0.6 is 0 Å². The van der Waals surface area contributed by atoms with Gasteiger partial charge in [-0.1, -0.05) is 13.8 Å². The zero-order valence-electron chi connectivity index (χ0n) is 17.7. The number of furan rings is 1. The highest BCUT2D eigenvalue weighted by Crippen LogP contribution is 2.47. The maximum Gasteiger partial charge on any atom is 0.319 e. The highest BCUT2D eigenvalue weighted by molar-refractivity contribution is 5.89. The molecule has 4 rings (SSSR count). The van der Waals surface area contributed by atoms with Gasteiger partial charge in [0.25, 0.3) is 0 Å². The zero-order valence-corrected chi connectivity index (χ0v) is 17.7. The first-order valence-corrected chi connectivity index (χ1v) is 10.2. The van der Waals surface area contributed by atoms with Crippen LogP contribution in [0.15, 0.2) is 28.9 Å². The number of rotatable bonds is 5. The smallest absolute Gasteiger partial charge is 0.319 e. The first kappa shape index (κ1) is 22.0. The number of urea groups is 1. The first-order valence-electron chi connectivity index (χ1n) is 10.2. The Morgan fingerprint density at radius 2 is 1.84 bits per heavy atom. The van der Waals surface area contributed by atoms with Gasteiger partial charge >= 0.3 is 6.03 Å². The summed E-state index contributed by atoms with van der Waals surface area (Å²) in [4.78, 5) is 20.7. The monoisotopic (exact) mass is 450 g/mol. The van der Waals surface area contributed by atoms with Gasteiger partial charge in [-0.25, -0.2) is 32.3 Å². The highest BCUT2D eigenvalue weighted by Gasteiger charge is 2.47. The summed E-state index contributed by atoms with van der Waals surface area (Å²) in [5.74, 6) is -4.08. The molecule has 1 fully saturated rings. The van der Waals surface area contributed by atoms with E-state index in [2.05, 4.69) is 20.6 Å². The molecule has 32 heavy (non-hydrogen) atoms. The van der Waals surface area contributed by atoms with Gasteiger partial charge < -0.3 is 15.1 Å². The van der Waals surface area contributed by atoms with Crippen molar-refractivity contribution in [1.29, 1.82) is 0 Å². The standard InChI is InChI=1S/C22H22F4N4O2/c1-10(2)17(18-11(3)15-4-13(23)5-16(24)19(15)32-18)30-21(31)29-14-8-27-20(28-9-14)12-6-22(25,26)7-12/h4-5,8-10,12,17H,6-7H2,1-3H3,(H2,29,30,31). The average Bonchev–Trinajstić information content (AvgIpc) is 3.01. The molecule has 10 heteroatoms. The van der Waals surface area contributed by atoms with Gasteiger partial charge in [0, 0.05) is 35.8 Å². The van der Waals surface area contributed by atoms with Crippen LogP contribution in [-0.4, -0.2) is 21.9 Å². The van der Waals surface area contributed by atoms with Crippen LogP contribution in [0.1, 0.15) is 55.8 Å². The van der Waals surface area contributed by atoms with Gasteiger partial charge in [0.15, 0.2) is 11.4 Å². The van der Waals surface area contributed by atoms with Crippen LogP contribution in [0.4, 0.5) is 28.0 Å². The quantitative estimate of drug-likeness (QED) is 0.479. The molecular formula is C22H22F4N4O2. The van der Waals surface area contributed by atoms with E-state index in [1.807, 2.05) is 13.8 Å². The van der Waals surface area contributed by atoms with Gasteiger partial charge in [-0.15, -0.1) is 0 Å². The predicted molar refractivity (Wildman–Crippen MR) is 110 cm³/mol. The minimum atomic E-state index is -2.67. The number of alkyl halides is 2. The summed E-state index contributed by atoms with van der Waals surface area (Å²) in [5, 5.41) is 5.66. The first-order chi connectivity index (χ1) is 15.0. The summed E-state index contributed by atoms with van der Waals surface area (Å²) in [5.41, 5.74) is 0.744. The number of nitrogens with zero attached hydrogens (tertiary/aromatic N) is 2. The fourth-order valence-electron chi connectivity index (χ4n) is 3.86. The Morgan fingerprint density at radius 1 is 1.19 bits per heavy atom. The summed E-state index contributed by atoms with van der Waals surface area (Å²) in [6, 6.07) is 0.729. The SMILES string of the molecule is Cc1c(C(NC(=O)Nc2cnc(C3CC(F)(F)C3)nc2)C(C)C)oc2c(F)cc(F)cc12. The van der Waals surface area contributed by atoms with Crippen molar-refractivity contribution in [2.75, 3.05) is 5.32 Å². The summed E-state index contributed by atoms with van der Waals surface area (Å²) < 4.78 is 59.5. The van der Waals surface area contributed by atoms with Crippen molar-refractivity contribution in [3.05, 3.63) is 53.3 Å². The largest absolute Gasteiger partial charge is 0.455 e. The molecule has 2 N–H and O–H groups in total. The van der Waals surface area contributed by atoms with Crippen LogP contribution in [0.25, 0.3) is 11.0 Å². The van der Waals surface area contributed by atoms with E-state index in [1.54, 1.807) is 6.92 Å². The number of amides is 2. The van der Waals surface area contributed by atoms with Gasteiger partial charge in [0.1, 0.15) is 17.4 Å². The van der Waals surface area contributed by atoms with Crippen LogP contribution in [0.3, 0.4) is 0 Å². The third kappa shape index (κ3) is 4.26. The summed E-state index contributed by atoms with van der Waals surface area (Å²) >= 11 is 0. The Hall–Kier alpha value is -3.17. The second kappa shape index (κ2) is 8.07. The minimum absolute atomic E-state index is 0.0719. The second-order valence-electron chi connectivity index (χ2n) is 8.47. The lowest BCUT2D eigenvalue weighted by Gasteiger charge is -2.33. The zero-order chi connectivity index (χ0) is 23.2. The van der Waals surface area contributed by atoms with Crippen molar-refractivity contribution in [2.45, 2.75) is 51.5 Å². The van der Waals surface area contributed by atoms with E-state index in [0.717, 1.165) is 6.07 Å². The highest BCUT2D eigenvalue weighted by atomic mass is 19.3.